The molecule has 0 aliphatic rings. The van der Waals surface area contributed by atoms with Gasteiger partial charge in [0.1, 0.15) is 17.6 Å². The first-order valence-electron chi connectivity index (χ1n) is 9.55. The largest absolute Gasteiger partial charge is 0.493 e. The summed E-state index contributed by atoms with van der Waals surface area (Å²) in [7, 11) is 1.15. The summed E-state index contributed by atoms with van der Waals surface area (Å²) in [6.07, 6.45) is -4.65. The zero-order valence-electron chi connectivity index (χ0n) is 17.6. The van der Waals surface area contributed by atoms with Crippen LogP contribution in [-0.2, 0) is 11.9 Å². The molecular weight excluding hydrogens is 506 g/mol. The third kappa shape index (κ3) is 5.53. The second-order valence-electron chi connectivity index (χ2n) is 6.98. The molecule has 0 saturated carbocycles. The lowest BCUT2D eigenvalue weighted by Crippen LogP contribution is -2.33. The fourth-order valence-corrected chi connectivity index (χ4v) is 3.08. The van der Waals surface area contributed by atoms with Gasteiger partial charge in [0.05, 0.1) is 12.7 Å². The van der Waals surface area contributed by atoms with Crippen molar-refractivity contribution in [3.8, 4) is 17.2 Å². The summed E-state index contributed by atoms with van der Waals surface area (Å²) < 4.78 is 91.7. The van der Waals surface area contributed by atoms with Crippen molar-refractivity contribution < 1.29 is 40.6 Å². The number of nitrogens with one attached hydrogen (secondary N) is 1. The number of benzene rings is 2. The summed E-state index contributed by atoms with van der Waals surface area (Å²) in [5, 5.41) is 2.33. The zero-order chi connectivity index (χ0) is 26.0. The van der Waals surface area contributed by atoms with Gasteiger partial charge >= 0.3 is 12.1 Å². The molecule has 1 heterocycles. The van der Waals surface area contributed by atoms with Gasteiger partial charge in [0.25, 0.3) is 11.5 Å². The number of anilines is 1. The lowest BCUT2D eigenvalue weighted by atomic mass is 10.0. The van der Waals surface area contributed by atoms with Crippen LogP contribution in [0.15, 0.2) is 59.5 Å². The number of hydrogen-bond acceptors (Lipinski definition) is 4. The SMILES string of the molecule is COc1cc(F)ccc1Oc1cc(C(F)(F)C(F)(F)F)ccc1C(=O)Nc1ccn(CCl)c(=O)c1. The molecule has 0 radical (unpaired) electrons. The van der Waals surface area contributed by atoms with E-state index in [9.17, 15) is 35.9 Å². The first-order valence-corrected chi connectivity index (χ1v) is 10.1. The van der Waals surface area contributed by atoms with Crippen LogP contribution in [0.25, 0.3) is 0 Å². The zero-order valence-corrected chi connectivity index (χ0v) is 18.4. The van der Waals surface area contributed by atoms with E-state index in [1.165, 1.54) is 12.3 Å². The van der Waals surface area contributed by atoms with E-state index in [1.54, 1.807) is 0 Å². The van der Waals surface area contributed by atoms with E-state index in [0.717, 1.165) is 35.9 Å². The smallest absolute Gasteiger partial charge is 0.458 e. The molecule has 0 spiro atoms. The maximum atomic E-state index is 14.0. The number of amides is 1. The van der Waals surface area contributed by atoms with E-state index < -0.39 is 46.3 Å². The van der Waals surface area contributed by atoms with E-state index in [-0.39, 0.29) is 23.2 Å². The molecule has 0 aliphatic carbocycles. The maximum absolute atomic E-state index is 14.0. The van der Waals surface area contributed by atoms with Crippen molar-refractivity contribution in [2.45, 2.75) is 18.1 Å². The number of ether oxygens (including phenoxy) is 2. The van der Waals surface area contributed by atoms with Gasteiger partial charge in [-0.1, -0.05) is 6.07 Å². The summed E-state index contributed by atoms with van der Waals surface area (Å²) in [5.41, 5.74) is -2.52. The van der Waals surface area contributed by atoms with Gasteiger partial charge in [0, 0.05) is 29.6 Å². The lowest BCUT2D eigenvalue weighted by Gasteiger charge is -2.21. The third-order valence-corrected chi connectivity index (χ3v) is 4.93. The van der Waals surface area contributed by atoms with Crippen LogP contribution in [0.3, 0.4) is 0 Å². The highest BCUT2D eigenvalue weighted by Crippen LogP contribution is 2.45. The normalized spacial score (nSPS) is 11.8. The molecule has 1 N–H and O–H groups in total. The summed E-state index contributed by atoms with van der Waals surface area (Å²) in [4.78, 5) is 24.7. The molecule has 0 saturated heterocycles. The van der Waals surface area contributed by atoms with Crippen molar-refractivity contribution in [1.82, 2.24) is 4.57 Å². The Labute approximate surface area is 198 Å². The molecule has 1 aromatic heterocycles. The second-order valence-corrected chi connectivity index (χ2v) is 7.22. The van der Waals surface area contributed by atoms with Gasteiger partial charge in [0.15, 0.2) is 11.5 Å². The number of carbonyl (C=O) groups is 1. The molecule has 1 amide bonds. The van der Waals surface area contributed by atoms with Crippen molar-refractivity contribution >= 4 is 23.2 Å². The molecular formula is C22H15ClF6N2O4. The van der Waals surface area contributed by atoms with Crippen LogP contribution in [-0.4, -0.2) is 23.8 Å². The highest BCUT2D eigenvalue weighted by Gasteiger charge is 2.58. The average molecular weight is 521 g/mol. The topological polar surface area (TPSA) is 69.6 Å². The van der Waals surface area contributed by atoms with Crippen LogP contribution in [0.5, 0.6) is 17.2 Å². The van der Waals surface area contributed by atoms with E-state index in [2.05, 4.69) is 5.32 Å². The number of halogens is 7. The fourth-order valence-electron chi connectivity index (χ4n) is 2.88. The molecule has 0 fully saturated rings. The number of methoxy groups -OCH3 is 1. The van der Waals surface area contributed by atoms with Crippen LogP contribution in [0.1, 0.15) is 15.9 Å². The monoisotopic (exact) mass is 520 g/mol. The van der Waals surface area contributed by atoms with Crippen LogP contribution >= 0.6 is 11.6 Å². The first-order chi connectivity index (χ1) is 16.4. The van der Waals surface area contributed by atoms with Crippen molar-refractivity contribution in [3.05, 3.63) is 82.0 Å². The van der Waals surface area contributed by atoms with Crippen molar-refractivity contribution in [2.24, 2.45) is 0 Å². The Morgan fingerprint density at radius 1 is 1.00 bits per heavy atom. The van der Waals surface area contributed by atoms with E-state index in [1.807, 2.05) is 0 Å². The predicted molar refractivity (Wildman–Crippen MR) is 114 cm³/mol. The van der Waals surface area contributed by atoms with Crippen LogP contribution in [0, 0.1) is 5.82 Å². The Morgan fingerprint density at radius 2 is 1.71 bits per heavy atom. The van der Waals surface area contributed by atoms with E-state index in [4.69, 9.17) is 21.1 Å². The van der Waals surface area contributed by atoms with Crippen molar-refractivity contribution in [2.75, 3.05) is 12.4 Å². The summed E-state index contributed by atoms with van der Waals surface area (Å²) in [6, 6.07) is 6.50. The van der Waals surface area contributed by atoms with Gasteiger partial charge < -0.3 is 19.4 Å². The number of pyridine rings is 1. The van der Waals surface area contributed by atoms with Gasteiger partial charge in [-0.05, 0) is 30.3 Å². The van der Waals surface area contributed by atoms with Crippen molar-refractivity contribution in [1.29, 1.82) is 0 Å². The highest BCUT2D eigenvalue weighted by atomic mass is 35.5. The average Bonchev–Trinajstić information content (AvgIpc) is 2.79. The van der Waals surface area contributed by atoms with E-state index in [0.29, 0.717) is 18.2 Å². The molecule has 186 valence electrons. The standard InChI is InChI=1S/C22H15ClF6N2O4/c1-34-18-9-13(24)3-5-16(18)35-17-8-12(21(25,26)22(27,28)29)2-4-15(17)20(33)30-14-6-7-31(11-23)19(32)10-14/h2-10H,11H2,1H3,(H,30,33). The Kier molecular flexibility index (Phi) is 7.34. The van der Waals surface area contributed by atoms with Gasteiger partial charge in [-0.15, -0.1) is 11.6 Å². The Bertz CT molecular complexity index is 1310. The molecule has 3 aromatic rings. The molecule has 2 aromatic carbocycles. The predicted octanol–water partition coefficient (Wildman–Crippen LogP) is 5.89. The summed E-state index contributed by atoms with van der Waals surface area (Å²) in [5.74, 6) is -8.18. The number of nitrogens with zero attached hydrogens (tertiary/aromatic N) is 1. The van der Waals surface area contributed by atoms with Crippen LogP contribution in [0.2, 0.25) is 0 Å². The highest BCUT2D eigenvalue weighted by molar-refractivity contribution is 6.15. The Hall–Kier alpha value is -3.67. The molecule has 35 heavy (non-hydrogen) atoms. The number of aromatic nitrogens is 1. The van der Waals surface area contributed by atoms with Gasteiger partial charge in [-0.2, -0.15) is 22.0 Å². The van der Waals surface area contributed by atoms with Crippen LogP contribution < -0.4 is 20.3 Å². The molecule has 6 nitrogen and oxygen atoms in total. The minimum atomic E-state index is -5.92. The number of carbonyl (C=O) groups excluding carboxylic acids is 1. The summed E-state index contributed by atoms with van der Waals surface area (Å²) in [6.45, 7) is 0. The summed E-state index contributed by atoms with van der Waals surface area (Å²) >= 11 is 5.59. The first kappa shape index (κ1) is 25.9. The molecule has 13 heteroatoms. The Morgan fingerprint density at radius 3 is 2.31 bits per heavy atom. The molecule has 3 rings (SSSR count). The molecule has 0 unspecified atom stereocenters. The number of alkyl halides is 6. The lowest BCUT2D eigenvalue weighted by molar-refractivity contribution is -0.289. The third-order valence-electron chi connectivity index (χ3n) is 4.67. The molecule has 0 aliphatic heterocycles. The minimum Gasteiger partial charge on any atom is -0.493 e. The fraction of sp³-hybridized carbons (Fsp3) is 0.182. The van der Waals surface area contributed by atoms with Crippen molar-refractivity contribution in [3.63, 3.8) is 0 Å². The molecule has 0 bridgehead atoms. The van der Waals surface area contributed by atoms with Gasteiger partial charge in [0.2, 0.25) is 0 Å². The Balaban J connectivity index is 2.07. The molecule has 0 atom stereocenters. The minimum absolute atomic E-state index is 0.00335. The number of rotatable bonds is 7. The van der Waals surface area contributed by atoms with Gasteiger partial charge in [-0.3, -0.25) is 9.59 Å². The quantitative estimate of drug-likeness (QED) is 0.311. The maximum Gasteiger partial charge on any atom is 0.458 e. The number of hydrogen-bond donors (Lipinski definition) is 1. The van der Waals surface area contributed by atoms with Gasteiger partial charge in [-0.25, -0.2) is 4.39 Å². The van der Waals surface area contributed by atoms with Crippen LogP contribution in [0.4, 0.5) is 32.0 Å². The van der Waals surface area contributed by atoms with E-state index >= 15 is 0 Å². The second kappa shape index (κ2) is 9.90.